The highest BCUT2D eigenvalue weighted by Gasteiger charge is 2.61. The Labute approximate surface area is 208 Å². The molecule has 0 radical (unpaired) electrons. The van der Waals surface area contributed by atoms with Crippen LogP contribution in [0.15, 0.2) is 60.7 Å². The van der Waals surface area contributed by atoms with Gasteiger partial charge in [-0.3, -0.25) is 19.3 Å². The zero-order valence-electron chi connectivity index (χ0n) is 19.1. The highest BCUT2D eigenvalue weighted by atomic mass is 35.5. The third-order valence-corrected chi connectivity index (χ3v) is 7.41. The lowest BCUT2D eigenvalue weighted by atomic mass is 9.85. The molecule has 2 bridgehead atoms. The largest absolute Gasteiger partial charge is 0.454 e. The summed E-state index contributed by atoms with van der Waals surface area (Å²) in [7, 11) is 0. The van der Waals surface area contributed by atoms with Crippen LogP contribution in [0.3, 0.4) is 0 Å². The van der Waals surface area contributed by atoms with Gasteiger partial charge < -0.3 is 10.1 Å². The van der Waals surface area contributed by atoms with Crippen LogP contribution < -0.4 is 5.32 Å². The van der Waals surface area contributed by atoms with Gasteiger partial charge in [-0.05, 0) is 48.4 Å². The standard InChI is InChI=1S/C27H25ClN2O5/c1-15-7-10-19(28)13-20(15)29-22(31)14-35-27(34)21(11-16-5-3-2-4-6-16)30-25(32)23-17-8-9-18(12-17)24(23)26(30)33/h2-10,13,17-18,21,23-24H,11-12,14H2,1H3,(H,29,31)/t17-,18-,21-,23+,24+/m0/s1. The van der Waals surface area contributed by atoms with Crippen molar-refractivity contribution in [2.45, 2.75) is 25.8 Å². The molecule has 2 fully saturated rings. The van der Waals surface area contributed by atoms with Crippen LogP contribution in [0.1, 0.15) is 17.5 Å². The average Bonchev–Trinajstić information content (AvgIpc) is 3.53. The summed E-state index contributed by atoms with van der Waals surface area (Å²) in [6.45, 7) is 1.27. The molecule has 1 aliphatic heterocycles. The molecule has 180 valence electrons. The second-order valence-corrected chi connectivity index (χ2v) is 9.80. The number of esters is 1. The normalized spacial score (nSPS) is 25.0. The smallest absolute Gasteiger partial charge is 0.330 e. The number of rotatable bonds is 7. The summed E-state index contributed by atoms with van der Waals surface area (Å²) in [5.41, 5.74) is 2.10. The van der Waals surface area contributed by atoms with Crippen LogP contribution in [-0.4, -0.2) is 41.2 Å². The number of allylic oxidation sites excluding steroid dienone is 2. The molecule has 35 heavy (non-hydrogen) atoms. The summed E-state index contributed by atoms with van der Waals surface area (Å²) >= 11 is 6.00. The molecule has 0 aromatic heterocycles. The van der Waals surface area contributed by atoms with Gasteiger partial charge in [-0.2, -0.15) is 0 Å². The van der Waals surface area contributed by atoms with E-state index in [2.05, 4.69) is 5.32 Å². The minimum atomic E-state index is -1.14. The second kappa shape index (κ2) is 9.30. The fraction of sp³-hybridized carbons (Fsp3) is 0.333. The van der Waals surface area contributed by atoms with E-state index in [4.69, 9.17) is 16.3 Å². The lowest BCUT2D eigenvalue weighted by Gasteiger charge is -2.26. The van der Waals surface area contributed by atoms with Gasteiger partial charge in [0, 0.05) is 17.1 Å². The molecule has 1 saturated heterocycles. The van der Waals surface area contributed by atoms with E-state index in [0.717, 1.165) is 22.4 Å². The van der Waals surface area contributed by atoms with E-state index in [0.29, 0.717) is 10.7 Å². The number of anilines is 1. The van der Waals surface area contributed by atoms with Crippen molar-refractivity contribution in [3.63, 3.8) is 0 Å². The van der Waals surface area contributed by atoms with Crippen LogP contribution in [0.2, 0.25) is 5.02 Å². The molecule has 3 amide bonds. The topological polar surface area (TPSA) is 92.8 Å². The first-order valence-electron chi connectivity index (χ1n) is 11.7. The van der Waals surface area contributed by atoms with Crippen molar-refractivity contribution >= 4 is 41.0 Å². The molecule has 3 aliphatic rings. The summed E-state index contributed by atoms with van der Waals surface area (Å²) in [6, 6.07) is 13.1. The first-order chi connectivity index (χ1) is 16.8. The molecule has 2 aliphatic carbocycles. The van der Waals surface area contributed by atoms with Gasteiger partial charge in [-0.1, -0.05) is 60.2 Å². The lowest BCUT2D eigenvalue weighted by Crippen LogP contribution is -2.48. The van der Waals surface area contributed by atoms with Crippen molar-refractivity contribution in [2.24, 2.45) is 23.7 Å². The van der Waals surface area contributed by atoms with Crippen molar-refractivity contribution in [3.05, 3.63) is 76.8 Å². The molecule has 2 aromatic carbocycles. The van der Waals surface area contributed by atoms with E-state index in [9.17, 15) is 19.2 Å². The Hall–Kier alpha value is -3.45. The van der Waals surface area contributed by atoms with Crippen LogP contribution in [0.5, 0.6) is 0 Å². The molecule has 1 heterocycles. The fourth-order valence-electron chi connectivity index (χ4n) is 5.50. The maximum Gasteiger partial charge on any atom is 0.330 e. The van der Waals surface area contributed by atoms with E-state index < -0.39 is 36.4 Å². The number of nitrogens with one attached hydrogen (secondary N) is 1. The van der Waals surface area contributed by atoms with Crippen molar-refractivity contribution < 1.29 is 23.9 Å². The number of likely N-dealkylation sites (tertiary alicyclic amines) is 1. The number of ether oxygens (including phenoxy) is 1. The number of nitrogens with zero attached hydrogens (tertiary/aromatic N) is 1. The minimum absolute atomic E-state index is 0.0339. The number of imide groups is 1. The Balaban J connectivity index is 1.32. The first kappa shape index (κ1) is 23.3. The maximum absolute atomic E-state index is 13.3. The zero-order valence-corrected chi connectivity index (χ0v) is 19.9. The Morgan fingerprint density at radius 1 is 1.06 bits per heavy atom. The van der Waals surface area contributed by atoms with E-state index in [1.165, 1.54) is 0 Å². The van der Waals surface area contributed by atoms with Crippen LogP contribution in [0.4, 0.5) is 5.69 Å². The van der Waals surface area contributed by atoms with Gasteiger partial charge in [0.25, 0.3) is 5.91 Å². The molecule has 0 spiro atoms. The third kappa shape index (κ3) is 4.36. The fourth-order valence-corrected chi connectivity index (χ4v) is 5.67. The van der Waals surface area contributed by atoms with E-state index in [1.807, 2.05) is 49.4 Å². The monoisotopic (exact) mass is 492 g/mol. The maximum atomic E-state index is 13.3. The molecular formula is C27H25ClN2O5. The minimum Gasteiger partial charge on any atom is -0.454 e. The van der Waals surface area contributed by atoms with E-state index in [-0.39, 0.29) is 30.1 Å². The second-order valence-electron chi connectivity index (χ2n) is 9.37. The number of benzene rings is 2. The van der Waals surface area contributed by atoms with Gasteiger partial charge >= 0.3 is 5.97 Å². The number of halogens is 1. The average molecular weight is 493 g/mol. The van der Waals surface area contributed by atoms with Crippen LogP contribution in [-0.2, 0) is 30.3 Å². The molecule has 7 nitrogen and oxygen atoms in total. The van der Waals surface area contributed by atoms with Gasteiger partial charge in [-0.25, -0.2) is 4.79 Å². The summed E-state index contributed by atoms with van der Waals surface area (Å²) in [5, 5.41) is 3.14. The van der Waals surface area contributed by atoms with Crippen molar-refractivity contribution in [1.29, 1.82) is 0 Å². The predicted molar refractivity (Wildman–Crippen MR) is 129 cm³/mol. The molecule has 5 atom stereocenters. The Kier molecular flexibility index (Phi) is 6.19. The van der Waals surface area contributed by atoms with Crippen molar-refractivity contribution in [1.82, 2.24) is 4.90 Å². The van der Waals surface area contributed by atoms with Gasteiger partial charge in [0.15, 0.2) is 6.61 Å². The number of amides is 3. The van der Waals surface area contributed by atoms with Gasteiger partial charge in [0.2, 0.25) is 11.8 Å². The highest BCUT2D eigenvalue weighted by Crippen LogP contribution is 2.53. The Morgan fingerprint density at radius 2 is 1.71 bits per heavy atom. The van der Waals surface area contributed by atoms with Crippen molar-refractivity contribution in [3.8, 4) is 0 Å². The predicted octanol–water partition coefficient (Wildman–Crippen LogP) is 3.55. The van der Waals surface area contributed by atoms with E-state index >= 15 is 0 Å². The first-order valence-corrected chi connectivity index (χ1v) is 12.0. The van der Waals surface area contributed by atoms with Gasteiger partial charge in [0.1, 0.15) is 6.04 Å². The molecule has 1 saturated carbocycles. The zero-order chi connectivity index (χ0) is 24.7. The molecular weight excluding hydrogens is 468 g/mol. The summed E-state index contributed by atoms with van der Waals surface area (Å²) in [6.07, 6.45) is 4.94. The lowest BCUT2D eigenvalue weighted by molar-refractivity contribution is -0.160. The number of hydrogen-bond acceptors (Lipinski definition) is 5. The Morgan fingerprint density at radius 3 is 2.37 bits per heavy atom. The van der Waals surface area contributed by atoms with E-state index in [1.54, 1.807) is 18.2 Å². The number of carbonyl (C=O) groups excluding carboxylic acids is 4. The number of hydrogen-bond donors (Lipinski definition) is 1. The van der Waals surface area contributed by atoms with Gasteiger partial charge in [-0.15, -0.1) is 0 Å². The molecule has 0 unspecified atom stereocenters. The molecule has 1 N–H and O–H groups in total. The van der Waals surface area contributed by atoms with Crippen LogP contribution >= 0.6 is 11.6 Å². The number of aryl methyl sites for hydroxylation is 1. The summed E-state index contributed by atoms with van der Waals surface area (Å²) in [5.74, 6) is -2.75. The summed E-state index contributed by atoms with van der Waals surface area (Å²) in [4.78, 5) is 53.5. The third-order valence-electron chi connectivity index (χ3n) is 7.18. The van der Waals surface area contributed by atoms with Crippen LogP contribution in [0.25, 0.3) is 0 Å². The van der Waals surface area contributed by atoms with Crippen LogP contribution in [0, 0.1) is 30.6 Å². The SMILES string of the molecule is Cc1ccc(Cl)cc1NC(=O)COC(=O)[C@H](Cc1ccccc1)N1C(=O)[C@H]2[C@H](C1=O)[C@H]1C=C[C@H]2C1. The molecule has 2 aromatic rings. The van der Waals surface area contributed by atoms with Gasteiger partial charge in [0.05, 0.1) is 11.8 Å². The number of carbonyl (C=O) groups is 4. The van der Waals surface area contributed by atoms with Crippen molar-refractivity contribution in [2.75, 3.05) is 11.9 Å². The summed E-state index contributed by atoms with van der Waals surface area (Å²) < 4.78 is 5.34. The molecule has 8 heteroatoms. The highest BCUT2D eigenvalue weighted by molar-refractivity contribution is 6.31. The molecule has 5 rings (SSSR count). The Bertz CT molecular complexity index is 1200. The quantitative estimate of drug-likeness (QED) is 0.362. The number of fused-ring (bicyclic) bond motifs is 5.